The van der Waals surface area contributed by atoms with Gasteiger partial charge < -0.3 is 9.52 Å². The van der Waals surface area contributed by atoms with Gasteiger partial charge in [0.15, 0.2) is 0 Å². The van der Waals surface area contributed by atoms with Crippen molar-refractivity contribution < 1.29 is 17.9 Å². The molecule has 6 nitrogen and oxygen atoms in total. The van der Waals surface area contributed by atoms with E-state index in [-0.39, 0.29) is 28.0 Å². The summed E-state index contributed by atoms with van der Waals surface area (Å²) in [7, 11) is -4.10. The summed E-state index contributed by atoms with van der Waals surface area (Å²) >= 11 is 3.34. The maximum atomic E-state index is 13.8. The topological polar surface area (TPSA) is 96.6 Å². The molecule has 1 fully saturated rings. The fraction of sp³-hybridized carbons (Fsp3) is 0.258. The number of rotatable bonds is 10. The Bertz CT molecular complexity index is 1600. The van der Waals surface area contributed by atoms with Crippen LogP contribution in [0.15, 0.2) is 110 Å². The molecular weight excluding hydrogens is 578 g/mol. The lowest BCUT2D eigenvalue weighted by Gasteiger charge is -2.35. The Morgan fingerprint density at radius 1 is 1.00 bits per heavy atom. The summed E-state index contributed by atoms with van der Waals surface area (Å²) in [5.41, 5.74) is -0.674. The summed E-state index contributed by atoms with van der Waals surface area (Å²) in [5.74, 6) is -0.272. The third-order valence-electron chi connectivity index (χ3n) is 7.40. The van der Waals surface area contributed by atoms with E-state index in [1.807, 2.05) is 43.3 Å². The fourth-order valence-corrected chi connectivity index (χ4v) is 6.97. The van der Waals surface area contributed by atoms with E-state index in [0.29, 0.717) is 37.0 Å². The zero-order valence-electron chi connectivity index (χ0n) is 21.5. The van der Waals surface area contributed by atoms with Crippen LogP contribution in [0.3, 0.4) is 0 Å². The zero-order valence-corrected chi connectivity index (χ0v) is 23.9. The maximum Gasteiger partial charge on any atom is 0.345 e. The summed E-state index contributed by atoms with van der Waals surface area (Å²) in [6.07, 6.45) is 2.70. The van der Waals surface area contributed by atoms with Crippen molar-refractivity contribution in [2.24, 2.45) is 5.92 Å². The molecule has 0 amide bonds. The summed E-state index contributed by atoms with van der Waals surface area (Å²) in [5, 5.41) is 11.5. The molecule has 0 bridgehead atoms. The first kappa shape index (κ1) is 27.4. The Labute approximate surface area is 236 Å². The Kier molecular flexibility index (Phi) is 7.80. The minimum Gasteiger partial charge on any atom is -0.507 e. The molecule has 4 aromatic rings. The van der Waals surface area contributed by atoms with Crippen LogP contribution < -0.4 is 10.3 Å². The molecule has 1 heterocycles. The Balaban J connectivity index is 1.64. The normalized spacial score (nSPS) is 15.9. The molecule has 0 aliphatic heterocycles. The highest BCUT2D eigenvalue weighted by Gasteiger charge is 2.53. The second-order valence-electron chi connectivity index (χ2n) is 10.00. The van der Waals surface area contributed by atoms with E-state index in [1.165, 1.54) is 18.2 Å². The average molecular weight is 609 g/mol. The van der Waals surface area contributed by atoms with Crippen LogP contribution in [0.1, 0.15) is 54.6 Å². The van der Waals surface area contributed by atoms with E-state index in [1.54, 1.807) is 36.4 Å². The van der Waals surface area contributed by atoms with Crippen molar-refractivity contribution in [3.63, 3.8) is 0 Å². The molecule has 2 N–H and O–H groups in total. The lowest BCUT2D eigenvalue weighted by molar-refractivity contribution is 0.336. The Morgan fingerprint density at radius 3 is 2.18 bits per heavy atom. The Morgan fingerprint density at radius 2 is 1.62 bits per heavy atom. The van der Waals surface area contributed by atoms with Crippen molar-refractivity contribution >= 4 is 26.0 Å². The molecule has 1 aromatic heterocycles. The molecule has 0 spiro atoms. The maximum absolute atomic E-state index is 13.8. The van der Waals surface area contributed by atoms with Crippen molar-refractivity contribution in [1.82, 2.24) is 4.72 Å². The standard InChI is InChI=1S/C31H30BrNO5S/c1-2-22(19-21-9-5-3-6-10-21)28-20-27(34)29(30(35)38-28)31(24-13-14-24,23-11-7-4-8-12-23)33-39(36,37)26-17-15-25(32)16-18-26/h3-12,15-18,20,22,24,33-34H,2,13-14,19H2,1H3. The second-order valence-corrected chi connectivity index (χ2v) is 12.6. The summed E-state index contributed by atoms with van der Waals surface area (Å²) in [6, 6.07) is 26.6. The second kappa shape index (κ2) is 11.1. The molecule has 202 valence electrons. The Hall–Kier alpha value is -3.20. The molecule has 1 aliphatic rings. The molecule has 5 rings (SSSR count). The van der Waals surface area contributed by atoms with Crippen molar-refractivity contribution in [3.05, 3.63) is 128 Å². The summed E-state index contributed by atoms with van der Waals surface area (Å²) < 4.78 is 37.0. The van der Waals surface area contributed by atoms with Gasteiger partial charge in [0, 0.05) is 16.5 Å². The first-order chi connectivity index (χ1) is 18.7. The predicted octanol–water partition coefficient (Wildman–Crippen LogP) is 6.48. The van der Waals surface area contributed by atoms with E-state index in [9.17, 15) is 18.3 Å². The predicted molar refractivity (Wildman–Crippen MR) is 154 cm³/mol. The van der Waals surface area contributed by atoms with Gasteiger partial charge in [0.05, 0.1) is 10.4 Å². The SMILES string of the molecule is CCC(Cc1ccccc1)c1cc(O)c(C(NS(=O)(=O)c2ccc(Br)cc2)(c2ccccc2)C2CC2)c(=O)o1. The van der Waals surface area contributed by atoms with Crippen LogP contribution in [-0.4, -0.2) is 13.5 Å². The minimum absolute atomic E-state index is 0.0565. The third kappa shape index (κ3) is 5.60. The van der Waals surface area contributed by atoms with Crippen molar-refractivity contribution in [2.75, 3.05) is 0 Å². The largest absolute Gasteiger partial charge is 0.507 e. The van der Waals surface area contributed by atoms with Gasteiger partial charge in [0.1, 0.15) is 17.1 Å². The number of hydrogen-bond acceptors (Lipinski definition) is 5. The molecule has 2 unspecified atom stereocenters. The quantitative estimate of drug-likeness (QED) is 0.215. The van der Waals surface area contributed by atoms with Crippen molar-refractivity contribution in [2.45, 2.75) is 49.0 Å². The van der Waals surface area contributed by atoms with Gasteiger partial charge in [-0.25, -0.2) is 13.2 Å². The minimum atomic E-state index is -4.10. The smallest absolute Gasteiger partial charge is 0.345 e. The number of hydrogen-bond donors (Lipinski definition) is 2. The van der Waals surface area contributed by atoms with E-state index < -0.39 is 21.2 Å². The highest BCUT2D eigenvalue weighted by atomic mass is 79.9. The van der Waals surface area contributed by atoms with Crippen LogP contribution in [-0.2, 0) is 22.0 Å². The summed E-state index contributed by atoms with van der Waals surface area (Å²) in [6.45, 7) is 2.00. The highest BCUT2D eigenvalue weighted by molar-refractivity contribution is 9.10. The number of halogens is 1. The number of sulfonamides is 1. The number of benzene rings is 3. The molecular formula is C31H30BrNO5S. The first-order valence-corrected chi connectivity index (χ1v) is 15.3. The van der Waals surface area contributed by atoms with Crippen LogP contribution in [0.25, 0.3) is 0 Å². The molecule has 1 saturated carbocycles. The lowest BCUT2D eigenvalue weighted by atomic mass is 9.79. The van der Waals surface area contributed by atoms with Gasteiger partial charge in [-0.05, 0) is 67.0 Å². The molecule has 1 aliphatic carbocycles. The molecule has 0 radical (unpaired) electrons. The summed E-state index contributed by atoms with van der Waals surface area (Å²) in [4.78, 5) is 13.8. The van der Waals surface area contributed by atoms with Gasteiger partial charge in [-0.2, -0.15) is 4.72 Å². The molecule has 2 atom stereocenters. The van der Waals surface area contributed by atoms with Crippen LogP contribution >= 0.6 is 15.9 Å². The fourth-order valence-electron chi connectivity index (χ4n) is 5.29. The number of aromatic hydroxyl groups is 1. The van der Waals surface area contributed by atoms with Crippen LogP contribution in [0, 0.1) is 5.92 Å². The van der Waals surface area contributed by atoms with Gasteiger partial charge in [-0.1, -0.05) is 83.5 Å². The van der Waals surface area contributed by atoms with E-state index in [2.05, 4.69) is 20.7 Å². The third-order valence-corrected chi connectivity index (χ3v) is 9.41. The average Bonchev–Trinajstić information content (AvgIpc) is 3.78. The molecule has 3 aromatic carbocycles. The molecule has 0 saturated heterocycles. The highest BCUT2D eigenvalue weighted by Crippen LogP contribution is 2.51. The van der Waals surface area contributed by atoms with Crippen LogP contribution in [0.5, 0.6) is 5.75 Å². The lowest BCUT2D eigenvalue weighted by Crippen LogP contribution is -2.51. The van der Waals surface area contributed by atoms with Gasteiger partial charge in [0.2, 0.25) is 10.0 Å². The molecule has 39 heavy (non-hydrogen) atoms. The molecule has 8 heteroatoms. The van der Waals surface area contributed by atoms with Crippen LogP contribution in [0.2, 0.25) is 0 Å². The van der Waals surface area contributed by atoms with Crippen molar-refractivity contribution in [1.29, 1.82) is 0 Å². The van der Waals surface area contributed by atoms with Gasteiger partial charge >= 0.3 is 5.63 Å². The van der Waals surface area contributed by atoms with Crippen molar-refractivity contribution in [3.8, 4) is 5.75 Å². The number of nitrogens with one attached hydrogen (secondary N) is 1. The van der Waals surface area contributed by atoms with Gasteiger partial charge in [-0.3, -0.25) is 0 Å². The van der Waals surface area contributed by atoms with Crippen LogP contribution in [0.4, 0.5) is 0 Å². The van der Waals surface area contributed by atoms with E-state index in [4.69, 9.17) is 4.42 Å². The zero-order chi connectivity index (χ0) is 27.6. The van der Waals surface area contributed by atoms with Gasteiger partial charge in [0.25, 0.3) is 0 Å². The van der Waals surface area contributed by atoms with E-state index in [0.717, 1.165) is 10.0 Å². The van der Waals surface area contributed by atoms with Gasteiger partial charge in [-0.15, -0.1) is 0 Å². The van der Waals surface area contributed by atoms with E-state index >= 15 is 0 Å². The first-order valence-electron chi connectivity index (χ1n) is 13.0. The monoisotopic (exact) mass is 607 g/mol.